The summed E-state index contributed by atoms with van der Waals surface area (Å²) in [5, 5.41) is 11.9. The van der Waals surface area contributed by atoms with Crippen LogP contribution in [0.3, 0.4) is 0 Å². The molecule has 0 aromatic heterocycles. The van der Waals surface area contributed by atoms with Crippen LogP contribution in [0.4, 0.5) is 0 Å². The van der Waals surface area contributed by atoms with Crippen LogP contribution >= 0.6 is 0 Å². The minimum atomic E-state index is -0.978. The van der Waals surface area contributed by atoms with Crippen molar-refractivity contribution in [2.75, 3.05) is 0 Å². The molecule has 0 bridgehead atoms. The lowest BCUT2D eigenvalue weighted by molar-refractivity contribution is -0.122. The summed E-state index contributed by atoms with van der Waals surface area (Å²) in [4.78, 5) is 22.8. The Morgan fingerprint density at radius 1 is 1.32 bits per heavy atom. The van der Waals surface area contributed by atoms with Crippen LogP contribution in [0.1, 0.15) is 49.5 Å². The van der Waals surface area contributed by atoms with Gasteiger partial charge in [0.05, 0.1) is 12.0 Å². The number of aromatic carboxylic acids is 1. The standard InChI is InChI=1S/C15H21NO3/c1-4-8-15(2,3)16-13(17)10-11-6-5-7-12(9-11)14(18)19/h5-7,9H,4,8,10H2,1-3H3,(H,16,17)(H,18,19). The zero-order valence-electron chi connectivity index (χ0n) is 11.7. The van der Waals surface area contributed by atoms with E-state index in [1.807, 2.05) is 13.8 Å². The first-order chi connectivity index (χ1) is 8.84. The molecular weight excluding hydrogens is 242 g/mol. The Hall–Kier alpha value is -1.84. The Bertz CT molecular complexity index is 466. The number of hydrogen-bond donors (Lipinski definition) is 2. The monoisotopic (exact) mass is 263 g/mol. The average molecular weight is 263 g/mol. The van der Waals surface area contributed by atoms with Gasteiger partial charge in [-0.15, -0.1) is 0 Å². The topological polar surface area (TPSA) is 66.4 Å². The third-order valence-electron chi connectivity index (χ3n) is 2.89. The lowest BCUT2D eigenvalue weighted by Crippen LogP contribution is -2.43. The molecule has 1 aromatic carbocycles. The van der Waals surface area contributed by atoms with Crippen molar-refractivity contribution in [1.82, 2.24) is 5.32 Å². The Kier molecular flexibility index (Phi) is 5.10. The van der Waals surface area contributed by atoms with E-state index in [-0.39, 0.29) is 23.4 Å². The Balaban J connectivity index is 2.67. The van der Waals surface area contributed by atoms with Crippen molar-refractivity contribution in [2.24, 2.45) is 0 Å². The number of carboxylic acids is 1. The van der Waals surface area contributed by atoms with Gasteiger partial charge in [0.25, 0.3) is 0 Å². The van der Waals surface area contributed by atoms with Crippen LogP contribution in [0, 0.1) is 0 Å². The first kappa shape index (κ1) is 15.2. The number of benzene rings is 1. The van der Waals surface area contributed by atoms with Crippen LogP contribution in [-0.4, -0.2) is 22.5 Å². The van der Waals surface area contributed by atoms with Gasteiger partial charge in [-0.25, -0.2) is 4.79 Å². The van der Waals surface area contributed by atoms with Crippen LogP contribution in [-0.2, 0) is 11.2 Å². The smallest absolute Gasteiger partial charge is 0.335 e. The molecule has 19 heavy (non-hydrogen) atoms. The fraction of sp³-hybridized carbons (Fsp3) is 0.467. The second kappa shape index (κ2) is 6.36. The first-order valence-corrected chi connectivity index (χ1v) is 6.47. The molecule has 104 valence electrons. The highest BCUT2D eigenvalue weighted by Gasteiger charge is 2.19. The maximum absolute atomic E-state index is 11.9. The van der Waals surface area contributed by atoms with Crippen LogP contribution < -0.4 is 5.32 Å². The van der Waals surface area contributed by atoms with E-state index in [1.165, 1.54) is 12.1 Å². The van der Waals surface area contributed by atoms with E-state index in [0.717, 1.165) is 12.8 Å². The summed E-state index contributed by atoms with van der Waals surface area (Å²) in [6.07, 6.45) is 2.12. The van der Waals surface area contributed by atoms with Gasteiger partial charge in [0.1, 0.15) is 0 Å². The molecule has 2 N–H and O–H groups in total. The van der Waals surface area contributed by atoms with E-state index in [0.29, 0.717) is 5.56 Å². The normalized spacial score (nSPS) is 11.1. The number of hydrogen-bond acceptors (Lipinski definition) is 2. The third kappa shape index (κ3) is 5.12. The molecule has 0 aliphatic carbocycles. The molecule has 1 amide bonds. The van der Waals surface area contributed by atoms with Crippen molar-refractivity contribution in [1.29, 1.82) is 0 Å². The van der Waals surface area contributed by atoms with Gasteiger partial charge < -0.3 is 10.4 Å². The largest absolute Gasteiger partial charge is 0.478 e. The quantitative estimate of drug-likeness (QED) is 0.829. The molecule has 0 spiro atoms. The molecular formula is C15H21NO3. The number of carbonyl (C=O) groups is 2. The summed E-state index contributed by atoms with van der Waals surface area (Å²) in [7, 11) is 0. The van der Waals surface area contributed by atoms with Crippen molar-refractivity contribution in [3.05, 3.63) is 35.4 Å². The SMILES string of the molecule is CCCC(C)(C)NC(=O)Cc1cccc(C(=O)O)c1. The highest BCUT2D eigenvalue weighted by molar-refractivity contribution is 5.88. The minimum absolute atomic E-state index is 0.0824. The van der Waals surface area contributed by atoms with E-state index in [2.05, 4.69) is 12.2 Å². The Labute approximate surface area is 113 Å². The van der Waals surface area contributed by atoms with E-state index in [9.17, 15) is 9.59 Å². The molecule has 0 unspecified atom stereocenters. The average Bonchev–Trinajstić information content (AvgIpc) is 2.27. The van der Waals surface area contributed by atoms with Crippen molar-refractivity contribution < 1.29 is 14.7 Å². The summed E-state index contributed by atoms with van der Waals surface area (Å²) < 4.78 is 0. The lowest BCUT2D eigenvalue weighted by Gasteiger charge is -2.25. The van der Waals surface area contributed by atoms with Gasteiger partial charge in [-0.05, 0) is 38.0 Å². The van der Waals surface area contributed by atoms with Gasteiger partial charge in [-0.3, -0.25) is 4.79 Å². The van der Waals surface area contributed by atoms with Gasteiger partial charge >= 0.3 is 5.97 Å². The number of rotatable bonds is 6. The lowest BCUT2D eigenvalue weighted by atomic mass is 9.98. The van der Waals surface area contributed by atoms with Crippen molar-refractivity contribution in [3.63, 3.8) is 0 Å². The zero-order chi connectivity index (χ0) is 14.5. The predicted octanol–water partition coefficient (Wildman–Crippen LogP) is 2.62. The summed E-state index contributed by atoms with van der Waals surface area (Å²) in [6.45, 7) is 6.05. The second-order valence-corrected chi connectivity index (χ2v) is 5.36. The summed E-state index contributed by atoms with van der Waals surface area (Å²) >= 11 is 0. The van der Waals surface area contributed by atoms with Crippen LogP contribution in [0.2, 0.25) is 0 Å². The van der Waals surface area contributed by atoms with E-state index in [1.54, 1.807) is 12.1 Å². The Morgan fingerprint density at radius 2 is 2.00 bits per heavy atom. The molecule has 1 rings (SSSR count). The highest BCUT2D eigenvalue weighted by atomic mass is 16.4. The molecule has 0 saturated heterocycles. The van der Waals surface area contributed by atoms with Crippen molar-refractivity contribution >= 4 is 11.9 Å². The zero-order valence-corrected chi connectivity index (χ0v) is 11.7. The molecule has 1 aromatic rings. The van der Waals surface area contributed by atoms with Crippen LogP contribution in [0.5, 0.6) is 0 Å². The number of carbonyl (C=O) groups excluding carboxylic acids is 1. The highest BCUT2D eigenvalue weighted by Crippen LogP contribution is 2.12. The molecule has 0 aliphatic rings. The maximum Gasteiger partial charge on any atom is 0.335 e. The molecule has 0 heterocycles. The molecule has 0 radical (unpaired) electrons. The summed E-state index contributed by atoms with van der Waals surface area (Å²) in [5.41, 5.74) is 0.693. The number of amides is 1. The second-order valence-electron chi connectivity index (χ2n) is 5.36. The molecule has 0 saturated carbocycles. The molecule has 0 fully saturated rings. The third-order valence-corrected chi connectivity index (χ3v) is 2.89. The molecule has 0 atom stereocenters. The van der Waals surface area contributed by atoms with Gasteiger partial charge in [0, 0.05) is 5.54 Å². The van der Waals surface area contributed by atoms with E-state index in [4.69, 9.17) is 5.11 Å². The van der Waals surface area contributed by atoms with Crippen molar-refractivity contribution in [2.45, 2.75) is 45.6 Å². The van der Waals surface area contributed by atoms with Crippen LogP contribution in [0.15, 0.2) is 24.3 Å². The van der Waals surface area contributed by atoms with Crippen LogP contribution in [0.25, 0.3) is 0 Å². The Morgan fingerprint density at radius 3 is 2.58 bits per heavy atom. The molecule has 0 aliphatic heterocycles. The van der Waals surface area contributed by atoms with Gasteiger partial charge in [-0.2, -0.15) is 0 Å². The van der Waals surface area contributed by atoms with E-state index >= 15 is 0 Å². The summed E-state index contributed by atoms with van der Waals surface area (Å²) in [5.74, 6) is -1.06. The number of nitrogens with one attached hydrogen (secondary N) is 1. The fourth-order valence-electron chi connectivity index (χ4n) is 2.11. The van der Waals surface area contributed by atoms with Gasteiger partial charge in [0.15, 0.2) is 0 Å². The van der Waals surface area contributed by atoms with Gasteiger partial charge in [-0.1, -0.05) is 25.5 Å². The minimum Gasteiger partial charge on any atom is -0.478 e. The number of carboxylic acid groups (broad SMARTS) is 1. The van der Waals surface area contributed by atoms with Crippen molar-refractivity contribution in [3.8, 4) is 0 Å². The molecule has 4 heteroatoms. The molecule has 4 nitrogen and oxygen atoms in total. The van der Waals surface area contributed by atoms with Gasteiger partial charge in [0.2, 0.25) is 5.91 Å². The predicted molar refractivity (Wildman–Crippen MR) is 74.2 cm³/mol. The van der Waals surface area contributed by atoms with E-state index < -0.39 is 5.97 Å². The fourth-order valence-corrected chi connectivity index (χ4v) is 2.11. The summed E-state index contributed by atoms with van der Waals surface area (Å²) in [6, 6.07) is 6.47. The maximum atomic E-state index is 11.9. The first-order valence-electron chi connectivity index (χ1n) is 6.47.